The average Bonchev–Trinajstić information content (AvgIpc) is 2.45. The normalized spacial score (nSPS) is 22.4. The van der Waals surface area contributed by atoms with Crippen molar-refractivity contribution in [3.05, 3.63) is 12.2 Å². The van der Waals surface area contributed by atoms with E-state index in [2.05, 4.69) is 6.92 Å². The van der Waals surface area contributed by atoms with Crippen LogP contribution < -0.4 is 0 Å². The smallest absolute Gasteiger partial charge is 0.152 e. The van der Waals surface area contributed by atoms with Crippen molar-refractivity contribution < 1.29 is 4.79 Å². The Morgan fingerprint density at radius 1 is 1.56 bits per heavy atom. The minimum atomic E-state index is 0.156. The van der Waals surface area contributed by atoms with Gasteiger partial charge >= 0.3 is 0 Å². The lowest BCUT2D eigenvalue weighted by Gasteiger charge is -1.94. The minimum Gasteiger partial charge on any atom is -0.295 e. The van der Waals surface area contributed by atoms with Crippen LogP contribution in [0.1, 0.15) is 26.7 Å². The van der Waals surface area contributed by atoms with Gasteiger partial charge in [0, 0.05) is 0 Å². The summed E-state index contributed by atoms with van der Waals surface area (Å²) >= 11 is 0. The highest BCUT2D eigenvalue weighted by Crippen LogP contribution is 2.46. The molecule has 1 fully saturated rings. The van der Waals surface area contributed by atoms with E-state index in [0.29, 0.717) is 5.41 Å². The molecule has 0 bridgehead atoms. The molecule has 1 aliphatic rings. The van der Waals surface area contributed by atoms with Gasteiger partial charge in [0.05, 0.1) is 0 Å². The van der Waals surface area contributed by atoms with Gasteiger partial charge in [-0.3, -0.25) is 4.79 Å². The zero-order valence-corrected chi connectivity index (χ0v) is 5.98. The maximum Gasteiger partial charge on any atom is 0.152 e. The molecule has 9 heavy (non-hydrogen) atoms. The van der Waals surface area contributed by atoms with Crippen LogP contribution in [-0.2, 0) is 4.79 Å². The van der Waals surface area contributed by atoms with Gasteiger partial charge in [-0.15, -0.1) is 0 Å². The van der Waals surface area contributed by atoms with Crippen LogP contribution >= 0.6 is 0 Å². The van der Waals surface area contributed by atoms with E-state index in [1.54, 1.807) is 13.0 Å². The largest absolute Gasteiger partial charge is 0.295 e. The van der Waals surface area contributed by atoms with E-state index in [0.717, 1.165) is 0 Å². The van der Waals surface area contributed by atoms with Crippen LogP contribution in [0, 0.1) is 5.41 Å². The second-order valence-electron chi connectivity index (χ2n) is 3.10. The molecular formula is C8H12O. The SMILES string of the molecule is CC(=O)C=CC1(C)CC1. The molecule has 0 radical (unpaired) electrons. The Bertz CT molecular complexity index is 152. The Labute approximate surface area is 55.8 Å². The van der Waals surface area contributed by atoms with Crippen LogP contribution in [0.15, 0.2) is 12.2 Å². The van der Waals surface area contributed by atoms with E-state index >= 15 is 0 Å². The fourth-order valence-electron chi connectivity index (χ4n) is 0.682. The Hall–Kier alpha value is -0.590. The topological polar surface area (TPSA) is 17.1 Å². The fourth-order valence-corrected chi connectivity index (χ4v) is 0.682. The van der Waals surface area contributed by atoms with Gasteiger partial charge < -0.3 is 0 Å². The van der Waals surface area contributed by atoms with E-state index in [-0.39, 0.29) is 5.78 Å². The molecule has 0 aromatic rings. The van der Waals surface area contributed by atoms with Crippen LogP contribution in [0.4, 0.5) is 0 Å². The summed E-state index contributed by atoms with van der Waals surface area (Å²) < 4.78 is 0. The minimum absolute atomic E-state index is 0.156. The first-order valence-electron chi connectivity index (χ1n) is 3.32. The van der Waals surface area contributed by atoms with Crippen LogP contribution in [0.2, 0.25) is 0 Å². The molecule has 0 spiro atoms. The van der Waals surface area contributed by atoms with Gasteiger partial charge in [-0.1, -0.05) is 13.0 Å². The molecular weight excluding hydrogens is 112 g/mol. The molecule has 1 rings (SSSR count). The fraction of sp³-hybridized carbons (Fsp3) is 0.625. The predicted molar refractivity (Wildman–Crippen MR) is 37.2 cm³/mol. The summed E-state index contributed by atoms with van der Waals surface area (Å²) in [6.45, 7) is 3.76. The maximum atomic E-state index is 10.4. The van der Waals surface area contributed by atoms with E-state index in [9.17, 15) is 4.79 Å². The first-order valence-corrected chi connectivity index (χ1v) is 3.32. The molecule has 0 amide bonds. The lowest BCUT2D eigenvalue weighted by molar-refractivity contribution is -0.112. The van der Waals surface area contributed by atoms with E-state index in [4.69, 9.17) is 0 Å². The van der Waals surface area contributed by atoms with E-state index in [1.165, 1.54) is 12.8 Å². The van der Waals surface area contributed by atoms with Gasteiger partial charge in [0.15, 0.2) is 5.78 Å². The maximum absolute atomic E-state index is 10.4. The van der Waals surface area contributed by atoms with Gasteiger partial charge in [0.1, 0.15) is 0 Å². The first kappa shape index (κ1) is 6.53. The highest BCUT2D eigenvalue weighted by molar-refractivity contribution is 5.87. The Balaban J connectivity index is 2.40. The molecule has 1 aliphatic carbocycles. The van der Waals surface area contributed by atoms with Crippen molar-refractivity contribution in [1.82, 2.24) is 0 Å². The number of hydrogen-bond donors (Lipinski definition) is 0. The summed E-state index contributed by atoms with van der Waals surface area (Å²) in [5.74, 6) is 0.156. The summed E-state index contributed by atoms with van der Waals surface area (Å²) in [6.07, 6.45) is 6.19. The molecule has 0 saturated heterocycles. The summed E-state index contributed by atoms with van der Waals surface area (Å²) in [5, 5.41) is 0. The van der Waals surface area contributed by atoms with Gasteiger partial charge in [-0.2, -0.15) is 0 Å². The molecule has 1 heteroatoms. The molecule has 0 heterocycles. The Morgan fingerprint density at radius 2 is 2.11 bits per heavy atom. The molecule has 0 aromatic carbocycles. The Morgan fingerprint density at radius 3 is 2.44 bits per heavy atom. The van der Waals surface area contributed by atoms with Gasteiger partial charge in [0.2, 0.25) is 0 Å². The number of allylic oxidation sites excluding steroid dienone is 2. The van der Waals surface area contributed by atoms with Crippen molar-refractivity contribution in [3.63, 3.8) is 0 Å². The summed E-state index contributed by atoms with van der Waals surface area (Å²) in [6, 6.07) is 0. The predicted octanol–water partition coefficient (Wildman–Crippen LogP) is 1.93. The second kappa shape index (κ2) is 1.98. The number of carbonyl (C=O) groups is 1. The standard InChI is InChI=1S/C8H12O/c1-7(9)3-4-8(2)5-6-8/h3-4H,5-6H2,1-2H3. The summed E-state index contributed by atoms with van der Waals surface area (Å²) in [5.41, 5.74) is 0.381. The van der Waals surface area contributed by atoms with Crippen LogP contribution in [0.5, 0.6) is 0 Å². The van der Waals surface area contributed by atoms with Crippen LogP contribution in [0.25, 0.3) is 0 Å². The number of carbonyl (C=O) groups excluding carboxylic acids is 1. The molecule has 0 atom stereocenters. The zero-order chi connectivity index (χ0) is 6.91. The molecule has 0 N–H and O–H groups in total. The van der Waals surface area contributed by atoms with Crippen LogP contribution in [-0.4, -0.2) is 5.78 Å². The molecule has 0 aliphatic heterocycles. The zero-order valence-electron chi connectivity index (χ0n) is 5.98. The highest BCUT2D eigenvalue weighted by Gasteiger charge is 2.33. The monoisotopic (exact) mass is 124 g/mol. The van der Waals surface area contributed by atoms with Crippen LogP contribution in [0.3, 0.4) is 0 Å². The summed E-state index contributed by atoms with van der Waals surface area (Å²) in [7, 11) is 0. The lowest BCUT2D eigenvalue weighted by Crippen LogP contribution is -1.87. The quantitative estimate of drug-likeness (QED) is 0.514. The number of ketones is 1. The molecule has 1 saturated carbocycles. The van der Waals surface area contributed by atoms with Crippen molar-refractivity contribution in [2.45, 2.75) is 26.7 Å². The molecule has 0 unspecified atom stereocenters. The lowest BCUT2D eigenvalue weighted by atomic mass is 10.1. The Kier molecular flexibility index (Phi) is 1.43. The van der Waals surface area contributed by atoms with Crippen molar-refractivity contribution in [2.75, 3.05) is 0 Å². The average molecular weight is 124 g/mol. The van der Waals surface area contributed by atoms with Crippen molar-refractivity contribution in [3.8, 4) is 0 Å². The van der Waals surface area contributed by atoms with Gasteiger partial charge in [-0.05, 0) is 31.3 Å². The summed E-state index contributed by atoms with van der Waals surface area (Å²) in [4.78, 5) is 10.4. The number of rotatable bonds is 2. The van der Waals surface area contributed by atoms with Crippen molar-refractivity contribution in [1.29, 1.82) is 0 Å². The third kappa shape index (κ3) is 2.00. The van der Waals surface area contributed by atoms with Crippen molar-refractivity contribution in [2.24, 2.45) is 5.41 Å². The third-order valence-electron chi connectivity index (χ3n) is 1.76. The van der Waals surface area contributed by atoms with E-state index < -0.39 is 0 Å². The molecule has 0 aromatic heterocycles. The molecule has 50 valence electrons. The highest BCUT2D eigenvalue weighted by atomic mass is 16.1. The molecule has 1 nitrogen and oxygen atoms in total. The van der Waals surface area contributed by atoms with Gasteiger partial charge in [0.25, 0.3) is 0 Å². The first-order chi connectivity index (χ1) is 4.12. The van der Waals surface area contributed by atoms with Crippen molar-refractivity contribution >= 4 is 5.78 Å². The second-order valence-corrected chi connectivity index (χ2v) is 3.10. The number of hydrogen-bond acceptors (Lipinski definition) is 1. The third-order valence-corrected chi connectivity index (χ3v) is 1.76. The van der Waals surface area contributed by atoms with E-state index in [1.807, 2.05) is 6.08 Å². The van der Waals surface area contributed by atoms with Gasteiger partial charge in [-0.25, -0.2) is 0 Å².